The summed E-state index contributed by atoms with van der Waals surface area (Å²) < 4.78 is 0. The molecule has 0 aliphatic heterocycles. The van der Waals surface area contributed by atoms with Gasteiger partial charge in [-0.05, 0) is 84.7 Å². The normalized spacial score (nSPS) is 39.8. The summed E-state index contributed by atoms with van der Waals surface area (Å²) in [5, 5.41) is 20.2. The van der Waals surface area contributed by atoms with Gasteiger partial charge in [-0.3, -0.25) is 0 Å². The average molecular weight is 413 g/mol. The van der Waals surface area contributed by atoms with Crippen LogP contribution in [0.2, 0.25) is 0 Å². The van der Waals surface area contributed by atoms with Crippen molar-refractivity contribution in [3.63, 3.8) is 0 Å². The monoisotopic (exact) mass is 412 g/mol. The van der Waals surface area contributed by atoms with Gasteiger partial charge in [-0.2, -0.15) is 0 Å². The molecule has 0 heterocycles. The Kier molecular flexibility index (Phi) is 7.51. The topological polar surface area (TPSA) is 40.5 Å². The molecule has 3 fully saturated rings. The van der Waals surface area contributed by atoms with Crippen molar-refractivity contribution in [2.75, 3.05) is 0 Å². The number of hydrogen-bond donors (Lipinski definition) is 2. The highest BCUT2D eigenvalue weighted by atomic mass is 16.3. The molecule has 2 unspecified atom stereocenters. The molecule has 0 aromatic rings. The van der Waals surface area contributed by atoms with Crippen LogP contribution in [0.1, 0.15) is 79.6 Å². The molecule has 2 nitrogen and oxygen atoms in total. The van der Waals surface area contributed by atoms with Gasteiger partial charge in [0.2, 0.25) is 0 Å². The van der Waals surface area contributed by atoms with Gasteiger partial charge >= 0.3 is 0 Å². The molecule has 3 rings (SSSR count). The van der Waals surface area contributed by atoms with E-state index in [-0.39, 0.29) is 0 Å². The van der Waals surface area contributed by atoms with Crippen molar-refractivity contribution in [2.24, 2.45) is 35.0 Å². The van der Waals surface area contributed by atoms with Crippen LogP contribution in [-0.4, -0.2) is 22.4 Å². The van der Waals surface area contributed by atoms with Crippen LogP contribution in [0.4, 0.5) is 0 Å². The van der Waals surface area contributed by atoms with Crippen molar-refractivity contribution >= 4 is 0 Å². The number of rotatable bonds is 5. The highest BCUT2D eigenvalue weighted by Crippen LogP contribution is 2.59. The number of allylic oxidation sites excluding steroid dienone is 5. The third kappa shape index (κ3) is 4.86. The highest BCUT2D eigenvalue weighted by Gasteiger charge is 2.50. The lowest BCUT2D eigenvalue weighted by Crippen LogP contribution is -2.35. The second-order valence-corrected chi connectivity index (χ2v) is 11.0. The van der Waals surface area contributed by atoms with Gasteiger partial charge in [0.05, 0.1) is 12.2 Å². The van der Waals surface area contributed by atoms with E-state index in [0.29, 0.717) is 41.9 Å². The molecule has 168 valence electrons. The van der Waals surface area contributed by atoms with Gasteiger partial charge in [0.15, 0.2) is 0 Å². The third-order valence-corrected chi connectivity index (χ3v) is 8.71. The third-order valence-electron chi connectivity index (χ3n) is 8.71. The fourth-order valence-corrected chi connectivity index (χ4v) is 6.32. The zero-order chi connectivity index (χ0) is 22.1. The molecule has 0 aromatic heterocycles. The first-order valence-corrected chi connectivity index (χ1v) is 12.3. The molecule has 2 N–H and O–H groups in total. The van der Waals surface area contributed by atoms with E-state index in [1.807, 2.05) is 0 Å². The van der Waals surface area contributed by atoms with Gasteiger partial charge in [0, 0.05) is 6.42 Å². The van der Waals surface area contributed by atoms with Crippen LogP contribution >= 0.6 is 0 Å². The van der Waals surface area contributed by atoms with Crippen LogP contribution in [0.25, 0.3) is 0 Å². The van der Waals surface area contributed by atoms with Crippen LogP contribution in [0.15, 0.2) is 47.6 Å². The predicted octanol–water partition coefficient (Wildman–Crippen LogP) is 6.61. The lowest BCUT2D eigenvalue weighted by Gasteiger charge is -2.44. The maximum Gasteiger partial charge on any atom is 0.0811 e. The average Bonchev–Trinajstić information content (AvgIpc) is 3.04. The second kappa shape index (κ2) is 9.57. The molecule has 3 aliphatic carbocycles. The first kappa shape index (κ1) is 23.5. The lowest BCUT2D eigenvalue weighted by molar-refractivity contribution is 0.0862. The summed E-state index contributed by atoms with van der Waals surface area (Å²) in [6, 6.07) is 0. The van der Waals surface area contributed by atoms with Crippen molar-refractivity contribution in [2.45, 2.75) is 91.8 Å². The number of hydrogen-bond acceptors (Lipinski definition) is 2. The Morgan fingerprint density at radius 3 is 2.50 bits per heavy atom. The molecule has 7 atom stereocenters. The van der Waals surface area contributed by atoms with Crippen molar-refractivity contribution in [3.8, 4) is 0 Å². The van der Waals surface area contributed by atoms with E-state index in [0.717, 1.165) is 17.1 Å². The minimum atomic E-state index is -0.605. The number of fused-ring (bicyclic) bond motifs is 1. The fraction of sp³-hybridized carbons (Fsp3) is 0.714. The van der Waals surface area contributed by atoms with Crippen LogP contribution < -0.4 is 0 Å². The van der Waals surface area contributed by atoms with Crippen LogP contribution in [-0.2, 0) is 0 Å². The lowest BCUT2D eigenvalue weighted by atomic mass is 9.61. The molecule has 3 saturated carbocycles. The Hall–Kier alpha value is -1.12. The molecule has 0 aromatic carbocycles. The maximum absolute atomic E-state index is 10.1. The zero-order valence-electron chi connectivity index (χ0n) is 19.9. The summed E-state index contributed by atoms with van der Waals surface area (Å²) in [5.74, 6) is 3.38. The van der Waals surface area contributed by atoms with Gasteiger partial charge in [0.1, 0.15) is 0 Å². The highest BCUT2D eigenvalue weighted by molar-refractivity contribution is 5.38. The van der Waals surface area contributed by atoms with E-state index in [2.05, 4.69) is 65.5 Å². The first-order valence-electron chi connectivity index (χ1n) is 12.3. The summed E-state index contributed by atoms with van der Waals surface area (Å²) in [7, 11) is 0. The number of aliphatic hydroxyl groups excluding tert-OH is 2. The van der Waals surface area contributed by atoms with Crippen molar-refractivity contribution < 1.29 is 10.2 Å². The predicted molar refractivity (Wildman–Crippen MR) is 127 cm³/mol. The summed E-state index contributed by atoms with van der Waals surface area (Å²) in [4.78, 5) is 0. The van der Waals surface area contributed by atoms with Crippen LogP contribution in [0.5, 0.6) is 0 Å². The smallest absolute Gasteiger partial charge is 0.0811 e. The quantitative estimate of drug-likeness (QED) is 0.499. The fourth-order valence-electron chi connectivity index (χ4n) is 6.32. The summed E-state index contributed by atoms with van der Waals surface area (Å²) in [6.07, 6.45) is 15.8. The van der Waals surface area contributed by atoms with Crippen molar-refractivity contribution in [3.05, 3.63) is 47.6 Å². The van der Waals surface area contributed by atoms with E-state index in [9.17, 15) is 10.2 Å². The van der Waals surface area contributed by atoms with Crippen LogP contribution in [0.3, 0.4) is 0 Å². The summed E-state index contributed by atoms with van der Waals surface area (Å²) in [5.41, 5.74) is 3.77. The zero-order valence-corrected chi connectivity index (χ0v) is 19.9. The minimum Gasteiger partial charge on any atom is -0.393 e. The Morgan fingerprint density at radius 2 is 1.80 bits per heavy atom. The maximum atomic E-state index is 10.1. The minimum absolute atomic E-state index is 0.385. The van der Waals surface area contributed by atoms with Crippen molar-refractivity contribution in [1.29, 1.82) is 0 Å². The van der Waals surface area contributed by atoms with Gasteiger partial charge < -0.3 is 10.2 Å². The van der Waals surface area contributed by atoms with Gasteiger partial charge in [-0.25, -0.2) is 0 Å². The van der Waals surface area contributed by atoms with Gasteiger partial charge in [0.25, 0.3) is 0 Å². The van der Waals surface area contributed by atoms with E-state index in [1.165, 1.54) is 32.1 Å². The Balaban J connectivity index is 1.76. The molecule has 0 radical (unpaired) electrons. The number of aliphatic hydroxyl groups is 2. The SMILES string of the molecule is C=C1/C(=C/C=C2\CCC[C@@]3(C)C2CCC3[C@H](C)/C=C/[C@H](C)C(C)C)C[C@@H](O)C[C@@H]1O. The molecular weight excluding hydrogens is 368 g/mol. The molecule has 0 spiro atoms. The van der Waals surface area contributed by atoms with E-state index < -0.39 is 12.2 Å². The Bertz CT molecular complexity index is 712. The standard InChI is InChI=1S/C28H44O2/c1-18(2)19(3)9-10-20(4)25-13-14-26-22(8-7-15-28(25,26)6)11-12-23-16-24(29)17-27(30)21(23)5/h9-12,18-20,24-27,29-30H,5,7-8,13-17H2,1-4,6H3/b10-9+,22-11+,23-12+/t19-,20+,24+,25?,26?,27-,28+/m0/s1. The Labute approximate surface area is 184 Å². The first-order chi connectivity index (χ1) is 14.1. The summed E-state index contributed by atoms with van der Waals surface area (Å²) in [6.45, 7) is 16.0. The molecule has 0 bridgehead atoms. The molecule has 0 amide bonds. The van der Waals surface area contributed by atoms with E-state index in [4.69, 9.17) is 0 Å². The molecule has 2 heteroatoms. The molecule has 30 heavy (non-hydrogen) atoms. The Morgan fingerprint density at radius 1 is 1.07 bits per heavy atom. The van der Waals surface area contributed by atoms with Crippen molar-refractivity contribution in [1.82, 2.24) is 0 Å². The van der Waals surface area contributed by atoms with Gasteiger partial charge in [-0.1, -0.05) is 71.1 Å². The summed E-state index contributed by atoms with van der Waals surface area (Å²) >= 11 is 0. The van der Waals surface area contributed by atoms with E-state index >= 15 is 0 Å². The second-order valence-electron chi connectivity index (χ2n) is 11.0. The largest absolute Gasteiger partial charge is 0.393 e. The molecule has 0 saturated heterocycles. The van der Waals surface area contributed by atoms with E-state index in [1.54, 1.807) is 5.57 Å². The van der Waals surface area contributed by atoms with Gasteiger partial charge in [-0.15, -0.1) is 0 Å². The molecule has 3 aliphatic rings. The van der Waals surface area contributed by atoms with Crippen LogP contribution in [0, 0.1) is 35.0 Å². The molecular formula is C28H44O2.